The van der Waals surface area contributed by atoms with E-state index in [1.807, 2.05) is 0 Å². The fourth-order valence-electron chi connectivity index (χ4n) is 1.87. The summed E-state index contributed by atoms with van der Waals surface area (Å²) in [7, 11) is 0. The van der Waals surface area contributed by atoms with Gasteiger partial charge in [-0.05, 0) is 19.1 Å². The van der Waals surface area contributed by atoms with Crippen LogP contribution in [-0.2, 0) is 0 Å². The maximum absolute atomic E-state index is 11.4. The van der Waals surface area contributed by atoms with Crippen molar-refractivity contribution >= 4 is 22.5 Å². The van der Waals surface area contributed by atoms with Crippen molar-refractivity contribution in [2.75, 3.05) is 0 Å². The smallest absolute Gasteiger partial charge is 0.270 e. The summed E-state index contributed by atoms with van der Waals surface area (Å²) in [6, 6.07) is 6.24. The predicted octanol–water partition coefficient (Wildman–Crippen LogP) is 2.52. The van der Waals surface area contributed by atoms with E-state index in [0.717, 1.165) is 5.69 Å². The van der Waals surface area contributed by atoms with Gasteiger partial charge in [-0.2, -0.15) is 0 Å². The van der Waals surface area contributed by atoms with Crippen LogP contribution in [0.25, 0.3) is 10.9 Å². The largest absolute Gasteiger partial charge is 0.285 e. The van der Waals surface area contributed by atoms with Crippen molar-refractivity contribution in [2.24, 2.45) is 0 Å². The zero-order valence-electron chi connectivity index (χ0n) is 8.93. The number of hydrogen-bond acceptors (Lipinski definition) is 3. The van der Waals surface area contributed by atoms with Gasteiger partial charge in [0.2, 0.25) is 5.91 Å². The Hall–Kier alpha value is -2.17. The summed E-state index contributed by atoms with van der Waals surface area (Å²) in [5.74, 6) is -0.0960. The molecular formula is C11H10N2O3. The standard InChI is InChI=1S/C11H10N2O3/c1-7-5-9-6-10(13(15)16)3-4-11(9)12(7)8(2)14/h3-6H,1-2H3. The van der Waals surface area contributed by atoms with E-state index >= 15 is 0 Å². The monoisotopic (exact) mass is 218 g/mol. The van der Waals surface area contributed by atoms with Crippen LogP contribution in [0, 0.1) is 17.0 Å². The van der Waals surface area contributed by atoms with Gasteiger partial charge in [0.15, 0.2) is 0 Å². The van der Waals surface area contributed by atoms with E-state index in [9.17, 15) is 14.9 Å². The number of carbonyl (C=O) groups excluding carboxylic acids is 1. The Morgan fingerprint density at radius 3 is 2.62 bits per heavy atom. The highest BCUT2D eigenvalue weighted by molar-refractivity contribution is 5.93. The van der Waals surface area contributed by atoms with Gasteiger partial charge in [0.1, 0.15) is 0 Å². The van der Waals surface area contributed by atoms with Crippen molar-refractivity contribution in [1.82, 2.24) is 4.57 Å². The van der Waals surface area contributed by atoms with Crippen molar-refractivity contribution in [1.29, 1.82) is 0 Å². The number of nitro groups is 1. The average molecular weight is 218 g/mol. The predicted molar refractivity (Wildman–Crippen MR) is 59.6 cm³/mol. The Morgan fingerprint density at radius 1 is 1.38 bits per heavy atom. The SMILES string of the molecule is CC(=O)n1c(C)cc2cc([N+](=O)[O-])ccc21. The maximum atomic E-state index is 11.4. The van der Waals surface area contributed by atoms with Gasteiger partial charge in [-0.15, -0.1) is 0 Å². The van der Waals surface area contributed by atoms with E-state index in [0.29, 0.717) is 10.9 Å². The molecule has 0 aliphatic heterocycles. The molecule has 2 rings (SSSR count). The highest BCUT2D eigenvalue weighted by Gasteiger charge is 2.12. The lowest BCUT2D eigenvalue weighted by atomic mass is 10.2. The first-order valence-electron chi connectivity index (χ1n) is 4.78. The summed E-state index contributed by atoms with van der Waals surface area (Å²) in [4.78, 5) is 21.5. The van der Waals surface area contributed by atoms with Crippen molar-refractivity contribution in [3.8, 4) is 0 Å². The first-order valence-corrected chi connectivity index (χ1v) is 4.78. The number of benzene rings is 1. The van der Waals surface area contributed by atoms with Crippen LogP contribution in [0.15, 0.2) is 24.3 Å². The van der Waals surface area contributed by atoms with Gasteiger partial charge in [-0.3, -0.25) is 19.5 Å². The topological polar surface area (TPSA) is 65.1 Å². The second kappa shape index (κ2) is 3.44. The molecular weight excluding hydrogens is 208 g/mol. The van der Waals surface area contributed by atoms with Gasteiger partial charge in [-0.1, -0.05) is 0 Å². The Morgan fingerprint density at radius 2 is 2.06 bits per heavy atom. The summed E-state index contributed by atoms with van der Waals surface area (Å²) < 4.78 is 1.54. The molecule has 0 radical (unpaired) electrons. The number of nitrogens with zero attached hydrogens (tertiary/aromatic N) is 2. The first kappa shape index (κ1) is 10.4. The van der Waals surface area contributed by atoms with Gasteiger partial charge in [0.25, 0.3) is 5.69 Å². The molecule has 5 nitrogen and oxygen atoms in total. The highest BCUT2D eigenvalue weighted by Crippen LogP contribution is 2.24. The van der Waals surface area contributed by atoms with Crippen molar-refractivity contribution in [3.63, 3.8) is 0 Å². The minimum absolute atomic E-state index is 0.0354. The van der Waals surface area contributed by atoms with Gasteiger partial charge in [-0.25, -0.2) is 0 Å². The molecule has 0 spiro atoms. The van der Waals surface area contributed by atoms with Gasteiger partial charge in [0.05, 0.1) is 10.4 Å². The van der Waals surface area contributed by atoms with Gasteiger partial charge in [0, 0.05) is 30.1 Å². The molecule has 1 aromatic carbocycles. The maximum Gasteiger partial charge on any atom is 0.270 e. The molecule has 0 saturated heterocycles. The van der Waals surface area contributed by atoms with Crippen LogP contribution in [0.3, 0.4) is 0 Å². The fraction of sp³-hybridized carbons (Fsp3) is 0.182. The lowest BCUT2D eigenvalue weighted by Gasteiger charge is -2.01. The zero-order chi connectivity index (χ0) is 11.9. The quantitative estimate of drug-likeness (QED) is 0.545. The molecule has 82 valence electrons. The average Bonchev–Trinajstić information content (AvgIpc) is 2.51. The molecule has 2 aromatic rings. The van der Waals surface area contributed by atoms with Crippen molar-refractivity contribution < 1.29 is 9.72 Å². The van der Waals surface area contributed by atoms with E-state index in [1.165, 1.54) is 19.1 Å². The molecule has 0 bridgehead atoms. The van der Waals surface area contributed by atoms with Crippen LogP contribution in [0.1, 0.15) is 17.4 Å². The molecule has 0 unspecified atom stereocenters. The summed E-state index contributed by atoms with van der Waals surface area (Å²) in [6.45, 7) is 3.26. The van der Waals surface area contributed by atoms with Crippen molar-refractivity contribution in [3.05, 3.63) is 40.1 Å². The third kappa shape index (κ3) is 1.46. The Bertz CT molecular complexity index is 599. The van der Waals surface area contributed by atoms with E-state index in [4.69, 9.17) is 0 Å². The molecule has 0 aliphatic carbocycles. The third-order valence-electron chi connectivity index (χ3n) is 2.49. The first-order chi connectivity index (χ1) is 7.50. The molecule has 0 amide bonds. The Kier molecular flexibility index (Phi) is 2.23. The van der Waals surface area contributed by atoms with E-state index in [1.54, 1.807) is 23.6 Å². The number of hydrogen-bond donors (Lipinski definition) is 0. The lowest BCUT2D eigenvalue weighted by molar-refractivity contribution is -0.384. The van der Waals surface area contributed by atoms with Gasteiger partial charge >= 0.3 is 0 Å². The van der Waals surface area contributed by atoms with Gasteiger partial charge < -0.3 is 0 Å². The summed E-state index contributed by atoms with van der Waals surface area (Å²) in [5, 5.41) is 11.3. The molecule has 16 heavy (non-hydrogen) atoms. The number of aromatic nitrogens is 1. The van der Waals surface area contributed by atoms with Crippen LogP contribution in [0.5, 0.6) is 0 Å². The van der Waals surface area contributed by atoms with Crippen molar-refractivity contribution in [2.45, 2.75) is 13.8 Å². The number of rotatable bonds is 1. The summed E-state index contributed by atoms with van der Waals surface area (Å²) in [6.07, 6.45) is 0. The second-order valence-electron chi connectivity index (χ2n) is 3.64. The number of carbonyl (C=O) groups is 1. The van der Waals surface area contributed by atoms with E-state index in [2.05, 4.69) is 0 Å². The normalized spacial score (nSPS) is 10.6. The van der Waals surface area contributed by atoms with E-state index in [-0.39, 0.29) is 11.6 Å². The molecule has 0 N–H and O–H groups in total. The number of aryl methyl sites for hydroxylation is 1. The minimum atomic E-state index is -0.445. The number of nitro benzene ring substituents is 1. The van der Waals surface area contributed by atoms with E-state index < -0.39 is 4.92 Å². The Balaban J connectivity index is 2.75. The zero-order valence-corrected chi connectivity index (χ0v) is 8.93. The second-order valence-corrected chi connectivity index (χ2v) is 3.64. The molecule has 0 atom stereocenters. The summed E-state index contributed by atoms with van der Waals surface area (Å²) >= 11 is 0. The molecule has 0 saturated carbocycles. The summed E-state index contributed by atoms with van der Waals surface area (Å²) in [5.41, 5.74) is 1.52. The number of non-ortho nitro benzene ring substituents is 1. The highest BCUT2D eigenvalue weighted by atomic mass is 16.6. The molecule has 5 heteroatoms. The third-order valence-corrected chi connectivity index (χ3v) is 2.49. The minimum Gasteiger partial charge on any atom is -0.285 e. The lowest BCUT2D eigenvalue weighted by Crippen LogP contribution is -2.06. The molecule has 0 aliphatic rings. The van der Waals surface area contributed by atoms with Crippen LogP contribution < -0.4 is 0 Å². The van der Waals surface area contributed by atoms with Crippen LogP contribution in [0.4, 0.5) is 5.69 Å². The molecule has 1 heterocycles. The fourth-order valence-corrected chi connectivity index (χ4v) is 1.87. The molecule has 1 aromatic heterocycles. The molecule has 0 fully saturated rings. The number of fused-ring (bicyclic) bond motifs is 1. The Labute approximate surface area is 91.4 Å². The van der Waals surface area contributed by atoms with Crippen LogP contribution >= 0.6 is 0 Å². The van der Waals surface area contributed by atoms with Crippen LogP contribution in [0.2, 0.25) is 0 Å². The van der Waals surface area contributed by atoms with Crippen LogP contribution in [-0.4, -0.2) is 15.4 Å².